The van der Waals surface area contributed by atoms with Crippen LogP contribution in [0.2, 0.25) is 0 Å². The molecule has 0 aliphatic rings. The van der Waals surface area contributed by atoms with Gasteiger partial charge in [-0.2, -0.15) is 0 Å². The van der Waals surface area contributed by atoms with E-state index in [1.807, 2.05) is 13.0 Å². The van der Waals surface area contributed by atoms with Gasteiger partial charge in [0.05, 0.1) is 12.2 Å². The quantitative estimate of drug-likeness (QED) is 0.536. The highest BCUT2D eigenvalue weighted by atomic mass is 16.6. The van der Waals surface area contributed by atoms with Crippen LogP contribution in [0.4, 0.5) is 0 Å². The lowest BCUT2D eigenvalue weighted by Crippen LogP contribution is -2.34. The first-order chi connectivity index (χ1) is 11.3. The van der Waals surface area contributed by atoms with Gasteiger partial charge in [-0.3, -0.25) is 9.59 Å². The van der Waals surface area contributed by atoms with Gasteiger partial charge in [0, 0.05) is 13.8 Å². The number of hydrogen-bond donors (Lipinski definition) is 0. The summed E-state index contributed by atoms with van der Waals surface area (Å²) in [6.45, 7) is 6.31. The Morgan fingerprint density at radius 3 is 2.08 bits per heavy atom. The van der Waals surface area contributed by atoms with Gasteiger partial charge in [0.2, 0.25) is 0 Å². The molecule has 3 unspecified atom stereocenters. The van der Waals surface area contributed by atoms with E-state index in [-0.39, 0.29) is 12.5 Å². The predicted molar refractivity (Wildman–Crippen MR) is 87.3 cm³/mol. The minimum Gasteiger partial charge on any atom is -0.462 e. The van der Waals surface area contributed by atoms with E-state index in [1.54, 1.807) is 31.2 Å². The fraction of sp³-hybridized carbons (Fsp3) is 0.500. The second-order valence-corrected chi connectivity index (χ2v) is 5.77. The maximum atomic E-state index is 11.9. The topological polar surface area (TPSA) is 78.9 Å². The van der Waals surface area contributed by atoms with Crippen molar-refractivity contribution in [1.29, 1.82) is 0 Å². The molecule has 0 bridgehead atoms. The fourth-order valence-corrected chi connectivity index (χ4v) is 2.23. The molecule has 1 aromatic carbocycles. The molecule has 0 amide bonds. The van der Waals surface area contributed by atoms with Crippen molar-refractivity contribution < 1.29 is 28.6 Å². The van der Waals surface area contributed by atoms with E-state index in [2.05, 4.69) is 0 Å². The standard InChI is InChI=1S/C18H24O6/c1-12(11-22-18(21)16-8-6-5-7-9-16)10-17(24-15(4)20)13(2)23-14(3)19/h5-9,12-13,17H,10-11H2,1-4H3. The lowest BCUT2D eigenvalue weighted by atomic mass is 10.0. The van der Waals surface area contributed by atoms with Crippen molar-refractivity contribution in [2.24, 2.45) is 5.92 Å². The van der Waals surface area contributed by atoms with Crippen LogP contribution < -0.4 is 0 Å². The van der Waals surface area contributed by atoms with Gasteiger partial charge in [0.1, 0.15) is 12.2 Å². The summed E-state index contributed by atoms with van der Waals surface area (Å²) in [5, 5.41) is 0. The zero-order valence-electron chi connectivity index (χ0n) is 14.5. The average molecular weight is 336 g/mol. The van der Waals surface area contributed by atoms with Crippen LogP contribution in [0.5, 0.6) is 0 Å². The minimum atomic E-state index is -0.586. The van der Waals surface area contributed by atoms with E-state index in [9.17, 15) is 14.4 Å². The molecule has 1 aromatic rings. The van der Waals surface area contributed by atoms with Crippen molar-refractivity contribution in [3.8, 4) is 0 Å². The first-order valence-corrected chi connectivity index (χ1v) is 7.86. The van der Waals surface area contributed by atoms with Crippen LogP contribution in [0.15, 0.2) is 30.3 Å². The van der Waals surface area contributed by atoms with E-state index in [0.717, 1.165) is 0 Å². The van der Waals surface area contributed by atoms with Crippen molar-refractivity contribution in [1.82, 2.24) is 0 Å². The zero-order chi connectivity index (χ0) is 18.1. The lowest BCUT2D eigenvalue weighted by Gasteiger charge is -2.25. The molecule has 6 nitrogen and oxygen atoms in total. The number of carbonyl (C=O) groups excluding carboxylic acids is 3. The van der Waals surface area contributed by atoms with Gasteiger partial charge in [-0.25, -0.2) is 4.79 Å². The van der Waals surface area contributed by atoms with Crippen LogP contribution in [0.1, 0.15) is 44.5 Å². The van der Waals surface area contributed by atoms with Crippen LogP contribution >= 0.6 is 0 Å². The van der Waals surface area contributed by atoms with Gasteiger partial charge in [-0.15, -0.1) is 0 Å². The van der Waals surface area contributed by atoms with Crippen molar-refractivity contribution in [3.05, 3.63) is 35.9 Å². The van der Waals surface area contributed by atoms with E-state index in [1.165, 1.54) is 13.8 Å². The molecular weight excluding hydrogens is 312 g/mol. The molecular formula is C18H24O6. The van der Waals surface area contributed by atoms with Gasteiger partial charge < -0.3 is 14.2 Å². The Balaban J connectivity index is 2.54. The Bertz CT molecular complexity index is 554. The van der Waals surface area contributed by atoms with Gasteiger partial charge in [-0.05, 0) is 31.4 Å². The highest BCUT2D eigenvalue weighted by molar-refractivity contribution is 5.89. The molecule has 0 saturated heterocycles. The normalized spacial score (nSPS) is 14.2. The van der Waals surface area contributed by atoms with E-state index in [0.29, 0.717) is 12.0 Å². The molecule has 0 N–H and O–H groups in total. The first-order valence-electron chi connectivity index (χ1n) is 7.86. The summed E-state index contributed by atoms with van der Waals surface area (Å²) < 4.78 is 15.6. The Hall–Kier alpha value is -2.37. The number of esters is 3. The lowest BCUT2D eigenvalue weighted by molar-refractivity contribution is -0.165. The van der Waals surface area contributed by atoms with Gasteiger partial charge in [0.25, 0.3) is 0 Å². The molecule has 6 heteroatoms. The summed E-state index contributed by atoms with van der Waals surface area (Å²) in [4.78, 5) is 34.2. The summed E-state index contributed by atoms with van der Waals surface area (Å²) >= 11 is 0. The Morgan fingerprint density at radius 2 is 1.54 bits per heavy atom. The van der Waals surface area contributed by atoms with Crippen LogP contribution in [-0.2, 0) is 23.8 Å². The average Bonchev–Trinajstić information content (AvgIpc) is 2.51. The van der Waals surface area contributed by atoms with Gasteiger partial charge >= 0.3 is 17.9 Å². The second-order valence-electron chi connectivity index (χ2n) is 5.77. The molecule has 0 spiro atoms. The van der Waals surface area contributed by atoms with E-state index in [4.69, 9.17) is 14.2 Å². The summed E-state index contributed by atoms with van der Waals surface area (Å²) in [7, 11) is 0. The molecule has 0 fully saturated rings. The molecule has 24 heavy (non-hydrogen) atoms. The molecule has 0 aromatic heterocycles. The minimum absolute atomic E-state index is 0.0694. The number of hydrogen-bond acceptors (Lipinski definition) is 6. The fourth-order valence-electron chi connectivity index (χ4n) is 2.23. The third kappa shape index (κ3) is 7.26. The number of carbonyl (C=O) groups is 3. The summed E-state index contributed by atoms with van der Waals surface area (Å²) in [5.41, 5.74) is 0.481. The molecule has 1 rings (SSSR count). The Labute approximate surface area is 142 Å². The van der Waals surface area contributed by atoms with E-state index < -0.39 is 30.1 Å². The summed E-state index contributed by atoms with van der Waals surface area (Å²) in [5.74, 6) is -1.37. The van der Waals surface area contributed by atoms with Gasteiger partial charge in [-0.1, -0.05) is 25.1 Å². The SMILES string of the molecule is CC(=O)OC(C)C(CC(C)COC(=O)c1ccccc1)OC(C)=O. The van der Waals surface area contributed by atoms with Crippen molar-refractivity contribution in [2.45, 2.75) is 46.3 Å². The van der Waals surface area contributed by atoms with Crippen molar-refractivity contribution >= 4 is 17.9 Å². The third-order valence-electron chi connectivity index (χ3n) is 3.34. The maximum absolute atomic E-state index is 11.9. The van der Waals surface area contributed by atoms with Crippen LogP contribution in [-0.4, -0.2) is 36.7 Å². The Kier molecular flexibility index (Phi) is 7.95. The van der Waals surface area contributed by atoms with Crippen LogP contribution in [0.25, 0.3) is 0 Å². The van der Waals surface area contributed by atoms with E-state index >= 15 is 0 Å². The molecule has 0 heterocycles. The number of ether oxygens (including phenoxy) is 3. The smallest absolute Gasteiger partial charge is 0.338 e. The summed E-state index contributed by atoms with van der Waals surface area (Å²) in [6.07, 6.45) is -0.744. The van der Waals surface area contributed by atoms with Crippen molar-refractivity contribution in [3.63, 3.8) is 0 Å². The highest BCUT2D eigenvalue weighted by Crippen LogP contribution is 2.16. The number of benzene rings is 1. The second kappa shape index (κ2) is 9.70. The predicted octanol–water partition coefficient (Wildman–Crippen LogP) is 2.75. The molecule has 0 aliphatic carbocycles. The van der Waals surface area contributed by atoms with Gasteiger partial charge in [0.15, 0.2) is 0 Å². The maximum Gasteiger partial charge on any atom is 0.338 e. The molecule has 132 valence electrons. The zero-order valence-corrected chi connectivity index (χ0v) is 14.5. The highest BCUT2D eigenvalue weighted by Gasteiger charge is 2.25. The molecule has 0 aliphatic heterocycles. The largest absolute Gasteiger partial charge is 0.462 e. The van der Waals surface area contributed by atoms with Crippen LogP contribution in [0.3, 0.4) is 0 Å². The van der Waals surface area contributed by atoms with Crippen LogP contribution in [0, 0.1) is 5.92 Å². The third-order valence-corrected chi connectivity index (χ3v) is 3.34. The molecule has 0 saturated carbocycles. The first kappa shape index (κ1) is 19.7. The monoisotopic (exact) mass is 336 g/mol. The number of rotatable bonds is 8. The van der Waals surface area contributed by atoms with Crippen molar-refractivity contribution in [2.75, 3.05) is 6.61 Å². The summed E-state index contributed by atoms with van der Waals surface area (Å²) in [6, 6.07) is 8.70. The molecule has 3 atom stereocenters. The molecule has 0 radical (unpaired) electrons. The Morgan fingerprint density at radius 1 is 0.958 bits per heavy atom.